The minimum absolute atomic E-state index is 0.207. The van der Waals surface area contributed by atoms with E-state index in [1.165, 1.54) is 0 Å². The summed E-state index contributed by atoms with van der Waals surface area (Å²) >= 11 is 12.0. The Kier molecular flexibility index (Phi) is 5.44. The zero-order valence-corrected chi connectivity index (χ0v) is 10.6. The molecule has 0 radical (unpaired) electrons. The van der Waals surface area contributed by atoms with Crippen LogP contribution >= 0.6 is 23.2 Å². The van der Waals surface area contributed by atoms with E-state index in [0.717, 1.165) is 23.6 Å². The first-order valence-electron chi connectivity index (χ1n) is 5.20. The molecule has 0 aromatic heterocycles. The Labute approximate surface area is 102 Å². The second-order valence-corrected chi connectivity index (χ2v) is 5.04. The SMILES string of the molecule is CC(Cl)CC(C)NCc1ccccc1Cl. The highest BCUT2D eigenvalue weighted by Crippen LogP contribution is 2.15. The second-order valence-electron chi connectivity index (χ2n) is 3.89. The summed E-state index contributed by atoms with van der Waals surface area (Å²) in [6, 6.07) is 8.29. The zero-order chi connectivity index (χ0) is 11.3. The molecule has 2 unspecified atom stereocenters. The van der Waals surface area contributed by atoms with E-state index < -0.39 is 0 Å². The smallest absolute Gasteiger partial charge is 0.0450 e. The molecule has 3 heteroatoms. The fraction of sp³-hybridized carbons (Fsp3) is 0.500. The Balaban J connectivity index is 2.40. The van der Waals surface area contributed by atoms with Crippen LogP contribution in [-0.2, 0) is 6.54 Å². The van der Waals surface area contributed by atoms with Crippen molar-refractivity contribution in [3.63, 3.8) is 0 Å². The number of benzene rings is 1. The van der Waals surface area contributed by atoms with Gasteiger partial charge in [-0.1, -0.05) is 29.8 Å². The van der Waals surface area contributed by atoms with Crippen LogP contribution in [0, 0.1) is 0 Å². The summed E-state index contributed by atoms with van der Waals surface area (Å²) in [5.74, 6) is 0. The van der Waals surface area contributed by atoms with Crippen LogP contribution in [0.4, 0.5) is 0 Å². The predicted molar refractivity (Wildman–Crippen MR) is 67.7 cm³/mol. The van der Waals surface area contributed by atoms with E-state index in [1.54, 1.807) is 0 Å². The van der Waals surface area contributed by atoms with Crippen molar-refractivity contribution in [2.24, 2.45) is 0 Å². The Morgan fingerprint density at radius 1 is 1.27 bits per heavy atom. The maximum Gasteiger partial charge on any atom is 0.0450 e. The third-order valence-corrected chi connectivity index (χ3v) is 2.82. The van der Waals surface area contributed by atoms with Gasteiger partial charge in [-0.15, -0.1) is 11.6 Å². The number of hydrogen-bond acceptors (Lipinski definition) is 1. The van der Waals surface area contributed by atoms with Crippen molar-refractivity contribution in [2.75, 3.05) is 0 Å². The molecule has 0 heterocycles. The van der Waals surface area contributed by atoms with Gasteiger partial charge in [-0.05, 0) is 31.9 Å². The largest absolute Gasteiger partial charge is 0.310 e. The van der Waals surface area contributed by atoms with E-state index in [0.29, 0.717) is 6.04 Å². The highest BCUT2D eigenvalue weighted by atomic mass is 35.5. The summed E-state index contributed by atoms with van der Waals surface area (Å²) in [6.45, 7) is 4.94. The van der Waals surface area contributed by atoms with Crippen molar-refractivity contribution < 1.29 is 0 Å². The summed E-state index contributed by atoms with van der Waals surface area (Å²) < 4.78 is 0. The molecule has 0 saturated carbocycles. The molecule has 1 N–H and O–H groups in total. The van der Waals surface area contributed by atoms with Crippen LogP contribution in [0.5, 0.6) is 0 Å². The average Bonchev–Trinajstić information content (AvgIpc) is 2.15. The quantitative estimate of drug-likeness (QED) is 0.778. The van der Waals surface area contributed by atoms with Gasteiger partial charge in [0.05, 0.1) is 0 Å². The molecule has 0 amide bonds. The molecular weight excluding hydrogens is 229 g/mol. The minimum atomic E-state index is 0.207. The third-order valence-electron chi connectivity index (χ3n) is 2.28. The average molecular weight is 246 g/mol. The first kappa shape index (κ1) is 12.8. The van der Waals surface area contributed by atoms with Crippen LogP contribution in [0.15, 0.2) is 24.3 Å². The Morgan fingerprint density at radius 3 is 2.53 bits per heavy atom. The Hall–Kier alpha value is -0.240. The monoisotopic (exact) mass is 245 g/mol. The molecule has 0 fully saturated rings. The summed E-state index contributed by atoms with van der Waals surface area (Å²) in [6.07, 6.45) is 0.964. The Morgan fingerprint density at radius 2 is 1.93 bits per heavy atom. The lowest BCUT2D eigenvalue weighted by Crippen LogP contribution is -2.27. The standard InChI is InChI=1S/C12H17Cl2N/c1-9(13)7-10(2)15-8-11-5-3-4-6-12(11)14/h3-6,9-10,15H,7-8H2,1-2H3. The van der Waals surface area contributed by atoms with E-state index in [4.69, 9.17) is 23.2 Å². The topological polar surface area (TPSA) is 12.0 Å². The summed E-state index contributed by atoms with van der Waals surface area (Å²) in [5, 5.41) is 4.43. The molecule has 0 aliphatic heterocycles. The van der Waals surface area contributed by atoms with Gasteiger partial charge in [0, 0.05) is 23.0 Å². The molecule has 0 aliphatic rings. The molecule has 84 valence electrons. The van der Waals surface area contributed by atoms with Gasteiger partial charge in [-0.25, -0.2) is 0 Å². The molecule has 1 nitrogen and oxygen atoms in total. The molecule has 2 atom stereocenters. The molecule has 1 aromatic carbocycles. The first-order chi connectivity index (χ1) is 7.09. The Bertz CT molecular complexity index is 299. The van der Waals surface area contributed by atoms with Crippen molar-refractivity contribution in [2.45, 2.75) is 38.2 Å². The van der Waals surface area contributed by atoms with Gasteiger partial charge in [-0.3, -0.25) is 0 Å². The number of rotatable bonds is 5. The van der Waals surface area contributed by atoms with Crippen LogP contribution in [-0.4, -0.2) is 11.4 Å². The van der Waals surface area contributed by atoms with E-state index in [-0.39, 0.29) is 5.38 Å². The van der Waals surface area contributed by atoms with Crippen LogP contribution < -0.4 is 5.32 Å². The van der Waals surface area contributed by atoms with Crippen LogP contribution in [0.3, 0.4) is 0 Å². The van der Waals surface area contributed by atoms with Crippen LogP contribution in [0.1, 0.15) is 25.8 Å². The lowest BCUT2D eigenvalue weighted by Gasteiger charge is -2.15. The molecule has 15 heavy (non-hydrogen) atoms. The summed E-state index contributed by atoms with van der Waals surface area (Å²) in [4.78, 5) is 0. The molecule has 1 aromatic rings. The van der Waals surface area contributed by atoms with E-state index >= 15 is 0 Å². The third kappa shape index (κ3) is 4.87. The highest BCUT2D eigenvalue weighted by Gasteiger charge is 2.06. The second kappa shape index (κ2) is 6.37. The van der Waals surface area contributed by atoms with Gasteiger partial charge < -0.3 is 5.32 Å². The number of alkyl halides is 1. The fourth-order valence-corrected chi connectivity index (χ4v) is 1.97. The van der Waals surface area contributed by atoms with Crippen LogP contribution in [0.25, 0.3) is 0 Å². The molecule has 1 rings (SSSR count). The fourth-order valence-electron chi connectivity index (χ4n) is 1.50. The maximum atomic E-state index is 6.05. The molecule has 0 spiro atoms. The number of nitrogens with one attached hydrogen (secondary N) is 1. The lowest BCUT2D eigenvalue weighted by molar-refractivity contribution is 0.511. The summed E-state index contributed by atoms with van der Waals surface area (Å²) in [5.41, 5.74) is 1.13. The molecule has 0 bridgehead atoms. The van der Waals surface area contributed by atoms with Crippen molar-refractivity contribution >= 4 is 23.2 Å². The summed E-state index contributed by atoms with van der Waals surface area (Å²) in [7, 11) is 0. The van der Waals surface area contributed by atoms with Gasteiger partial charge in [0.2, 0.25) is 0 Å². The van der Waals surface area contributed by atoms with Gasteiger partial charge in [0.15, 0.2) is 0 Å². The minimum Gasteiger partial charge on any atom is -0.310 e. The van der Waals surface area contributed by atoms with E-state index in [2.05, 4.69) is 12.2 Å². The number of hydrogen-bond donors (Lipinski definition) is 1. The molecule has 0 saturated heterocycles. The molecule has 0 aliphatic carbocycles. The van der Waals surface area contributed by atoms with Crippen molar-refractivity contribution in [1.29, 1.82) is 0 Å². The maximum absolute atomic E-state index is 6.05. The van der Waals surface area contributed by atoms with Crippen LogP contribution in [0.2, 0.25) is 5.02 Å². The van der Waals surface area contributed by atoms with Crippen molar-refractivity contribution in [3.05, 3.63) is 34.9 Å². The lowest BCUT2D eigenvalue weighted by atomic mass is 10.1. The number of halogens is 2. The van der Waals surface area contributed by atoms with Gasteiger partial charge in [0.1, 0.15) is 0 Å². The van der Waals surface area contributed by atoms with Crippen molar-refractivity contribution in [1.82, 2.24) is 5.32 Å². The van der Waals surface area contributed by atoms with E-state index in [9.17, 15) is 0 Å². The zero-order valence-electron chi connectivity index (χ0n) is 9.13. The normalized spacial score (nSPS) is 14.9. The predicted octanol–water partition coefficient (Wildman–Crippen LogP) is 3.84. The van der Waals surface area contributed by atoms with Gasteiger partial charge in [0.25, 0.3) is 0 Å². The van der Waals surface area contributed by atoms with Gasteiger partial charge >= 0.3 is 0 Å². The molecular formula is C12H17Cl2N. The first-order valence-corrected chi connectivity index (χ1v) is 6.02. The highest BCUT2D eigenvalue weighted by molar-refractivity contribution is 6.31. The van der Waals surface area contributed by atoms with Gasteiger partial charge in [-0.2, -0.15) is 0 Å². The van der Waals surface area contributed by atoms with E-state index in [1.807, 2.05) is 31.2 Å². The van der Waals surface area contributed by atoms with Crippen molar-refractivity contribution in [3.8, 4) is 0 Å².